The molecule has 8 nitrogen and oxygen atoms in total. The van der Waals surface area contributed by atoms with E-state index in [4.69, 9.17) is 5.21 Å². The van der Waals surface area contributed by atoms with Gasteiger partial charge in [-0.25, -0.2) is 5.48 Å². The molecular weight excluding hydrogens is 394 g/mol. The van der Waals surface area contributed by atoms with E-state index in [1.165, 1.54) is 6.92 Å². The second-order valence-corrected chi connectivity index (χ2v) is 8.22. The van der Waals surface area contributed by atoms with Crippen LogP contribution in [0.25, 0.3) is 0 Å². The summed E-state index contributed by atoms with van der Waals surface area (Å²) in [6, 6.07) is 7.05. The molecule has 2 atom stereocenters. The van der Waals surface area contributed by atoms with Crippen molar-refractivity contribution >= 4 is 34.3 Å². The van der Waals surface area contributed by atoms with Gasteiger partial charge in [0.1, 0.15) is 0 Å². The second-order valence-electron chi connectivity index (χ2n) is 7.03. The Bertz CT molecular complexity index is 671. The largest absolute Gasteiger partial charge is 0.772 e. The number of rotatable bonds is 14. The first-order valence-corrected chi connectivity index (χ1v) is 11.1. The van der Waals surface area contributed by atoms with Crippen LogP contribution in [0.1, 0.15) is 58.8 Å². The predicted octanol–water partition coefficient (Wildman–Crippen LogP) is 2.96. The number of amides is 2. The molecule has 0 saturated heterocycles. The smallest absolute Gasteiger partial charge is 0.262 e. The summed E-state index contributed by atoms with van der Waals surface area (Å²) in [5, 5.41) is 11.2. The monoisotopic (exact) mass is 426 g/mol. The van der Waals surface area contributed by atoms with Crippen LogP contribution < -0.4 is 15.7 Å². The molecule has 164 valence electrons. The first kappa shape index (κ1) is 25.1. The zero-order chi connectivity index (χ0) is 21.6. The molecule has 0 aromatic heterocycles. The van der Waals surface area contributed by atoms with E-state index in [9.17, 15) is 18.4 Å². The van der Waals surface area contributed by atoms with Crippen molar-refractivity contribution in [2.24, 2.45) is 0 Å². The van der Waals surface area contributed by atoms with Crippen LogP contribution in [0, 0.1) is 0 Å². The van der Waals surface area contributed by atoms with E-state index in [0.29, 0.717) is 37.2 Å². The Morgan fingerprint density at radius 2 is 1.86 bits per heavy atom. The third-order valence-corrected chi connectivity index (χ3v) is 5.64. The van der Waals surface area contributed by atoms with Gasteiger partial charge in [-0.1, -0.05) is 55.8 Å². The van der Waals surface area contributed by atoms with E-state index in [1.807, 2.05) is 0 Å². The molecule has 0 saturated carbocycles. The highest BCUT2D eigenvalue weighted by Gasteiger charge is 2.17. The average molecular weight is 427 g/mol. The van der Waals surface area contributed by atoms with Gasteiger partial charge in [-0.05, 0) is 31.4 Å². The lowest BCUT2D eigenvalue weighted by molar-refractivity contribution is -0.127. The Balaban J connectivity index is 2.80. The molecule has 0 aliphatic carbocycles. The van der Waals surface area contributed by atoms with Gasteiger partial charge in [-0.2, -0.15) is 0 Å². The third-order valence-electron chi connectivity index (χ3n) is 4.62. The van der Waals surface area contributed by atoms with Crippen molar-refractivity contribution in [3.8, 4) is 0 Å². The Morgan fingerprint density at radius 3 is 2.48 bits per heavy atom. The van der Waals surface area contributed by atoms with Crippen LogP contribution >= 0.6 is 0 Å². The number of benzene rings is 1. The molecule has 0 bridgehead atoms. The van der Waals surface area contributed by atoms with Gasteiger partial charge in [-0.15, -0.1) is 0 Å². The number of hydroxylamine groups is 1. The van der Waals surface area contributed by atoms with Gasteiger partial charge in [-0.3, -0.25) is 19.0 Å². The highest BCUT2D eigenvalue weighted by atomic mass is 32.2. The van der Waals surface area contributed by atoms with Crippen molar-refractivity contribution in [2.75, 3.05) is 23.3 Å². The average Bonchev–Trinajstić information content (AvgIpc) is 2.68. The Morgan fingerprint density at radius 1 is 1.17 bits per heavy atom. The van der Waals surface area contributed by atoms with Crippen molar-refractivity contribution in [3.05, 3.63) is 24.3 Å². The summed E-state index contributed by atoms with van der Waals surface area (Å²) in [5.74, 6) is -0.830. The Kier molecular flexibility index (Phi) is 12.2. The van der Waals surface area contributed by atoms with E-state index in [2.05, 4.69) is 12.2 Å². The number of carbonyl (C=O) groups is 2. The van der Waals surface area contributed by atoms with Crippen LogP contribution in [0.15, 0.2) is 24.3 Å². The van der Waals surface area contributed by atoms with E-state index in [-0.39, 0.29) is 12.5 Å². The lowest BCUT2D eigenvalue weighted by Crippen LogP contribution is -2.37. The van der Waals surface area contributed by atoms with Gasteiger partial charge in [0, 0.05) is 18.7 Å². The molecular formula is C20H32N3O5S-. The maximum absolute atomic E-state index is 11.7. The normalized spacial score (nSPS) is 12.8. The summed E-state index contributed by atoms with van der Waals surface area (Å²) >= 11 is -2.14. The maximum Gasteiger partial charge on any atom is 0.262 e. The van der Waals surface area contributed by atoms with Gasteiger partial charge in [0.25, 0.3) is 5.91 Å². The highest BCUT2D eigenvalue weighted by Crippen LogP contribution is 2.26. The van der Waals surface area contributed by atoms with Crippen LogP contribution in [0.5, 0.6) is 0 Å². The number of nitrogens with zero attached hydrogens (tertiary/aromatic N) is 1. The first-order valence-electron chi connectivity index (χ1n) is 10.0. The number of para-hydroxylation sites is 2. The van der Waals surface area contributed by atoms with Crippen LogP contribution in [0.3, 0.4) is 0 Å². The predicted molar refractivity (Wildman–Crippen MR) is 114 cm³/mol. The molecule has 0 spiro atoms. The van der Waals surface area contributed by atoms with Crippen molar-refractivity contribution in [1.29, 1.82) is 0 Å². The minimum Gasteiger partial charge on any atom is -0.772 e. The van der Waals surface area contributed by atoms with Crippen molar-refractivity contribution < 1.29 is 23.6 Å². The van der Waals surface area contributed by atoms with E-state index < -0.39 is 22.2 Å². The quantitative estimate of drug-likeness (QED) is 0.182. The molecule has 0 heterocycles. The fraction of sp³-hybridized carbons (Fsp3) is 0.600. The van der Waals surface area contributed by atoms with Gasteiger partial charge >= 0.3 is 0 Å². The molecule has 1 rings (SSSR count). The Hall–Kier alpha value is -1.97. The molecule has 2 unspecified atom stereocenters. The zero-order valence-corrected chi connectivity index (χ0v) is 18.0. The number of unbranched alkanes of at least 4 members (excludes halogenated alkanes) is 3. The molecule has 1 aromatic rings. The summed E-state index contributed by atoms with van der Waals surface area (Å²) in [7, 11) is 0. The van der Waals surface area contributed by atoms with Crippen LogP contribution in [-0.4, -0.2) is 44.1 Å². The number of nitrogens with one attached hydrogen (secondary N) is 2. The summed E-state index contributed by atoms with van der Waals surface area (Å²) in [6.07, 6.45) is 5.78. The SMILES string of the molecule is CCCCCCC(CCCN(CC(=O)NO)c1ccccc1NC(C)=O)S(=O)[O-]. The van der Waals surface area contributed by atoms with Crippen LogP contribution in [-0.2, 0) is 20.7 Å². The minimum absolute atomic E-state index is 0.116. The van der Waals surface area contributed by atoms with Gasteiger partial charge in [0.05, 0.1) is 17.9 Å². The zero-order valence-electron chi connectivity index (χ0n) is 17.2. The van der Waals surface area contributed by atoms with Gasteiger partial charge in [0.15, 0.2) is 0 Å². The molecule has 1 aromatic carbocycles. The van der Waals surface area contributed by atoms with Crippen molar-refractivity contribution in [3.63, 3.8) is 0 Å². The lowest BCUT2D eigenvalue weighted by Gasteiger charge is -2.27. The van der Waals surface area contributed by atoms with Crippen molar-refractivity contribution in [1.82, 2.24) is 5.48 Å². The van der Waals surface area contributed by atoms with E-state index >= 15 is 0 Å². The number of hydrogen-bond donors (Lipinski definition) is 3. The number of hydrogen-bond acceptors (Lipinski definition) is 6. The summed E-state index contributed by atoms with van der Waals surface area (Å²) in [6.45, 7) is 3.80. The second kappa shape index (κ2) is 14.1. The number of anilines is 2. The van der Waals surface area contributed by atoms with Gasteiger partial charge < -0.3 is 14.8 Å². The topological polar surface area (TPSA) is 122 Å². The molecule has 29 heavy (non-hydrogen) atoms. The summed E-state index contributed by atoms with van der Waals surface area (Å²) < 4.78 is 23.1. The van der Waals surface area contributed by atoms with Crippen LogP contribution in [0.4, 0.5) is 11.4 Å². The molecule has 9 heteroatoms. The molecule has 0 radical (unpaired) electrons. The Labute approximate surface area is 175 Å². The van der Waals surface area contributed by atoms with Gasteiger partial charge in [0.2, 0.25) is 5.91 Å². The standard InChI is InChI=1S/C20H33N3O5S/c1-3-4-5-6-10-17(29(27)28)11-9-14-23(15-20(25)22-26)19-13-8-7-12-18(19)21-16(2)24/h7-8,12-13,17,26H,3-6,9-11,14-15H2,1-2H3,(H,21,24)(H,22,25)(H,27,28)/p-1. The fourth-order valence-corrected chi connectivity index (χ4v) is 3.90. The lowest BCUT2D eigenvalue weighted by atomic mass is 10.1. The third kappa shape index (κ3) is 9.87. The molecule has 0 fully saturated rings. The maximum atomic E-state index is 11.7. The summed E-state index contributed by atoms with van der Waals surface area (Å²) in [5.41, 5.74) is 2.80. The molecule has 0 aliphatic heterocycles. The first-order chi connectivity index (χ1) is 13.9. The molecule has 0 aliphatic rings. The fourth-order valence-electron chi connectivity index (χ4n) is 3.18. The minimum atomic E-state index is -2.14. The highest BCUT2D eigenvalue weighted by molar-refractivity contribution is 7.79. The van der Waals surface area contributed by atoms with Crippen molar-refractivity contribution in [2.45, 2.75) is 64.0 Å². The van der Waals surface area contributed by atoms with Crippen LogP contribution in [0.2, 0.25) is 0 Å². The summed E-state index contributed by atoms with van der Waals surface area (Å²) in [4.78, 5) is 24.9. The van der Waals surface area contributed by atoms with E-state index in [0.717, 1.165) is 25.7 Å². The molecule has 2 amide bonds. The van der Waals surface area contributed by atoms with E-state index in [1.54, 1.807) is 34.6 Å². The number of carbonyl (C=O) groups excluding carboxylic acids is 2. The molecule has 3 N–H and O–H groups in total.